The molecular formula is C14H14F2N4. The van der Waals surface area contributed by atoms with Crippen LogP contribution >= 0.6 is 0 Å². The van der Waals surface area contributed by atoms with Crippen molar-refractivity contribution in [2.24, 2.45) is 0 Å². The summed E-state index contributed by atoms with van der Waals surface area (Å²) in [5, 5.41) is 3.05. The van der Waals surface area contributed by atoms with Crippen LogP contribution in [0.1, 0.15) is 42.3 Å². The van der Waals surface area contributed by atoms with Crippen LogP contribution in [0.2, 0.25) is 0 Å². The van der Waals surface area contributed by atoms with Crippen LogP contribution in [0.5, 0.6) is 0 Å². The average molecular weight is 276 g/mol. The Morgan fingerprint density at radius 2 is 2.15 bits per heavy atom. The maximum atomic E-state index is 12.8. The molecule has 0 spiro atoms. The number of nitrogens with zero attached hydrogens (tertiary/aromatic N) is 3. The van der Waals surface area contributed by atoms with Crippen LogP contribution in [0.25, 0.3) is 0 Å². The minimum atomic E-state index is -2.57. The molecule has 2 aromatic rings. The second kappa shape index (κ2) is 5.48. The highest BCUT2D eigenvalue weighted by molar-refractivity contribution is 5.38. The van der Waals surface area contributed by atoms with Gasteiger partial charge in [-0.2, -0.15) is 0 Å². The molecule has 2 heterocycles. The highest BCUT2D eigenvalue weighted by Gasteiger charge is 2.28. The molecule has 1 N–H and O–H groups in total. The molecule has 0 amide bonds. The van der Waals surface area contributed by atoms with Gasteiger partial charge in [0, 0.05) is 30.9 Å². The summed E-state index contributed by atoms with van der Waals surface area (Å²) in [6.45, 7) is 0.498. The third-order valence-corrected chi connectivity index (χ3v) is 3.13. The number of anilines is 1. The molecule has 0 radical (unpaired) electrons. The number of hydrogen-bond donors (Lipinski definition) is 1. The molecular weight excluding hydrogens is 262 g/mol. The second-order valence-corrected chi connectivity index (χ2v) is 4.83. The van der Waals surface area contributed by atoms with Gasteiger partial charge >= 0.3 is 0 Å². The maximum absolute atomic E-state index is 12.8. The van der Waals surface area contributed by atoms with Gasteiger partial charge in [0.25, 0.3) is 6.43 Å². The van der Waals surface area contributed by atoms with Crippen molar-refractivity contribution in [3.63, 3.8) is 0 Å². The van der Waals surface area contributed by atoms with Crippen molar-refractivity contribution in [2.75, 3.05) is 5.32 Å². The molecule has 1 saturated carbocycles. The Morgan fingerprint density at radius 3 is 2.80 bits per heavy atom. The van der Waals surface area contributed by atoms with E-state index in [2.05, 4.69) is 20.3 Å². The SMILES string of the molecule is FC(F)c1cc(NCc2cccnc2)nc(C2CC2)n1. The van der Waals surface area contributed by atoms with Gasteiger partial charge in [-0.25, -0.2) is 18.7 Å². The second-order valence-electron chi connectivity index (χ2n) is 4.83. The van der Waals surface area contributed by atoms with Crippen molar-refractivity contribution in [3.05, 3.63) is 47.7 Å². The Labute approximate surface area is 115 Å². The predicted octanol–water partition coefficient (Wildman–Crippen LogP) is 3.30. The third-order valence-electron chi connectivity index (χ3n) is 3.13. The number of halogens is 2. The molecule has 3 rings (SSSR count). The van der Waals surface area contributed by atoms with Crippen LogP contribution in [0.4, 0.5) is 14.6 Å². The van der Waals surface area contributed by atoms with E-state index in [-0.39, 0.29) is 11.6 Å². The van der Waals surface area contributed by atoms with Crippen molar-refractivity contribution in [1.29, 1.82) is 0 Å². The van der Waals surface area contributed by atoms with E-state index in [0.29, 0.717) is 18.2 Å². The highest BCUT2D eigenvalue weighted by Crippen LogP contribution is 2.39. The zero-order chi connectivity index (χ0) is 13.9. The summed E-state index contributed by atoms with van der Waals surface area (Å²) in [7, 11) is 0. The van der Waals surface area contributed by atoms with Crippen molar-refractivity contribution in [1.82, 2.24) is 15.0 Å². The molecule has 2 aromatic heterocycles. The summed E-state index contributed by atoms with van der Waals surface area (Å²) >= 11 is 0. The fraction of sp³-hybridized carbons (Fsp3) is 0.357. The van der Waals surface area contributed by atoms with E-state index < -0.39 is 6.43 Å². The molecule has 0 saturated heterocycles. The Morgan fingerprint density at radius 1 is 1.30 bits per heavy atom. The summed E-state index contributed by atoms with van der Waals surface area (Å²) < 4.78 is 25.7. The summed E-state index contributed by atoms with van der Waals surface area (Å²) in [5.74, 6) is 1.21. The van der Waals surface area contributed by atoms with Gasteiger partial charge in [0.1, 0.15) is 17.3 Å². The first-order valence-electron chi connectivity index (χ1n) is 6.52. The number of hydrogen-bond acceptors (Lipinski definition) is 4. The third kappa shape index (κ3) is 3.07. The van der Waals surface area contributed by atoms with Gasteiger partial charge in [-0.15, -0.1) is 0 Å². The van der Waals surface area contributed by atoms with Crippen molar-refractivity contribution in [2.45, 2.75) is 31.7 Å². The molecule has 20 heavy (non-hydrogen) atoms. The Hall–Kier alpha value is -2.11. The number of rotatable bonds is 5. The lowest BCUT2D eigenvalue weighted by atomic mass is 10.3. The molecule has 4 nitrogen and oxygen atoms in total. The lowest BCUT2D eigenvalue weighted by molar-refractivity contribution is 0.145. The quantitative estimate of drug-likeness (QED) is 0.910. The number of nitrogens with one attached hydrogen (secondary N) is 1. The zero-order valence-corrected chi connectivity index (χ0v) is 10.8. The van der Waals surface area contributed by atoms with Gasteiger partial charge in [-0.05, 0) is 24.5 Å². The molecule has 1 fully saturated rings. The van der Waals surface area contributed by atoms with Crippen molar-refractivity contribution < 1.29 is 8.78 Å². The smallest absolute Gasteiger partial charge is 0.280 e. The van der Waals surface area contributed by atoms with Crippen LogP contribution < -0.4 is 5.32 Å². The number of pyridine rings is 1. The fourth-order valence-corrected chi connectivity index (χ4v) is 1.91. The van der Waals surface area contributed by atoms with Gasteiger partial charge in [-0.3, -0.25) is 4.98 Å². The van der Waals surface area contributed by atoms with Crippen LogP contribution in [0, 0.1) is 0 Å². The predicted molar refractivity (Wildman–Crippen MR) is 70.5 cm³/mol. The Balaban J connectivity index is 1.77. The highest BCUT2D eigenvalue weighted by atomic mass is 19.3. The molecule has 104 valence electrons. The first-order chi connectivity index (χ1) is 9.72. The Bertz CT molecular complexity index is 565. The zero-order valence-electron chi connectivity index (χ0n) is 10.8. The van der Waals surface area contributed by atoms with E-state index in [0.717, 1.165) is 18.4 Å². The van der Waals surface area contributed by atoms with E-state index in [1.807, 2.05) is 12.1 Å². The first-order valence-corrected chi connectivity index (χ1v) is 6.52. The normalized spacial score (nSPS) is 14.6. The van der Waals surface area contributed by atoms with Gasteiger partial charge in [0.15, 0.2) is 0 Å². The molecule has 0 aromatic carbocycles. The fourth-order valence-electron chi connectivity index (χ4n) is 1.91. The van der Waals surface area contributed by atoms with Crippen LogP contribution in [-0.4, -0.2) is 15.0 Å². The minimum Gasteiger partial charge on any atom is -0.366 e. The lowest BCUT2D eigenvalue weighted by Crippen LogP contribution is -2.06. The monoisotopic (exact) mass is 276 g/mol. The summed E-state index contributed by atoms with van der Waals surface area (Å²) in [6.07, 6.45) is 2.80. The van der Waals surface area contributed by atoms with E-state index in [4.69, 9.17) is 0 Å². The molecule has 1 aliphatic carbocycles. The molecule has 1 aliphatic rings. The number of aromatic nitrogens is 3. The maximum Gasteiger partial charge on any atom is 0.280 e. The van der Waals surface area contributed by atoms with Crippen molar-refractivity contribution >= 4 is 5.82 Å². The van der Waals surface area contributed by atoms with E-state index in [1.165, 1.54) is 6.07 Å². The molecule has 0 unspecified atom stereocenters. The van der Waals surface area contributed by atoms with Gasteiger partial charge in [0.05, 0.1) is 0 Å². The lowest BCUT2D eigenvalue weighted by Gasteiger charge is -2.09. The topological polar surface area (TPSA) is 50.7 Å². The van der Waals surface area contributed by atoms with E-state index in [1.54, 1.807) is 12.4 Å². The van der Waals surface area contributed by atoms with Crippen LogP contribution in [-0.2, 0) is 6.54 Å². The van der Waals surface area contributed by atoms with Gasteiger partial charge in [-0.1, -0.05) is 6.07 Å². The van der Waals surface area contributed by atoms with Crippen molar-refractivity contribution in [3.8, 4) is 0 Å². The number of alkyl halides is 2. The van der Waals surface area contributed by atoms with Gasteiger partial charge in [0.2, 0.25) is 0 Å². The first kappa shape index (κ1) is 12.9. The largest absolute Gasteiger partial charge is 0.366 e. The summed E-state index contributed by atoms with van der Waals surface area (Å²) in [6, 6.07) is 5.06. The molecule has 0 atom stereocenters. The Kier molecular flexibility index (Phi) is 3.54. The van der Waals surface area contributed by atoms with E-state index in [9.17, 15) is 8.78 Å². The standard InChI is InChI=1S/C14H14F2N4/c15-13(16)11-6-12(20-14(19-11)10-3-4-10)18-8-9-2-1-5-17-7-9/h1-2,5-7,10,13H,3-4,8H2,(H,18,19,20). The van der Waals surface area contributed by atoms with Gasteiger partial charge < -0.3 is 5.32 Å². The molecule has 0 bridgehead atoms. The summed E-state index contributed by atoms with van der Waals surface area (Å²) in [5.41, 5.74) is 0.758. The van der Waals surface area contributed by atoms with E-state index >= 15 is 0 Å². The van der Waals surface area contributed by atoms with Crippen LogP contribution in [0.3, 0.4) is 0 Å². The van der Waals surface area contributed by atoms with Crippen LogP contribution in [0.15, 0.2) is 30.6 Å². The molecule has 6 heteroatoms. The molecule has 0 aliphatic heterocycles. The summed E-state index contributed by atoms with van der Waals surface area (Å²) in [4.78, 5) is 12.3. The average Bonchev–Trinajstić information content (AvgIpc) is 3.30. The minimum absolute atomic E-state index is 0.212.